The van der Waals surface area contributed by atoms with Gasteiger partial charge in [-0.3, -0.25) is 0 Å². The molecule has 5 nitrogen and oxygen atoms in total. The Labute approximate surface area is 110 Å². The van der Waals surface area contributed by atoms with Gasteiger partial charge in [-0.2, -0.15) is 0 Å². The molecule has 0 aliphatic carbocycles. The van der Waals surface area contributed by atoms with Crippen LogP contribution in [0.5, 0.6) is 0 Å². The van der Waals surface area contributed by atoms with Crippen molar-refractivity contribution < 1.29 is 8.42 Å². The van der Waals surface area contributed by atoms with Gasteiger partial charge in [0.15, 0.2) is 20.3 Å². The van der Waals surface area contributed by atoms with Gasteiger partial charge >= 0.3 is 0 Å². The predicted molar refractivity (Wildman–Crippen MR) is 71.7 cm³/mol. The van der Waals surface area contributed by atoms with Crippen molar-refractivity contribution in [3.8, 4) is 0 Å². The summed E-state index contributed by atoms with van der Waals surface area (Å²) >= 11 is 5.26. The summed E-state index contributed by atoms with van der Waals surface area (Å²) in [6.45, 7) is 0.620. The number of nitrogens with one attached hydrogen (secondary N) is 1. The molecule has 1 fully saturated rings. The summed E-state index contributed by atoms with van der Waals surface area (Å²) in [6.07, 6.45) is 2.43. The van der Waals surface area contributed by atoms with E-state index in [0.29, 0.717) is 23.5 Å². The second kappa shape index (κ2) is 4.17. The van der Waals surface area contributed by atoms with Crippen LogP contribution >= 0.6 is 12.2 Å². The molecule has 0 amide bonds. The number of aromatic amines is 1. The number of H-pyrrole nitrogens is 1. The van der Waals surface area contributed by atoms with E-state index in [1.54, 1.807) is 6.20 Å². The fraction of sp³-hybridized carbons (Fsp3) is 0.455. The first-order valence-electron chi connectivity index (χ1n) is 5.79. The summed E-state index contributed by atoms with van der Waals surface area (Å²) in [5, 5.41) is 0. The molecule has 2 aromatic rings. The smallest absolute Gasteiger partial charge is 0.179 e. The topological polar surface area (TPSA) is 67.8 Å². The minimum absolute atomic E-state index is 0.141. The van der Waals surface area contributed by atoms with Gasteiger partial charge in [-0.25, -0.2) is 13.4 Å². The van der Waals surface area contributed by atoms with E-state index in [0.717, 1.165) is 11.2 Å². The SMILES string of the molecule is O=S1(=O)CCC(Cn2c(=S)[nH]c3cccnc32)C1. The van der Waals surface area contributed by atoms with E-state index < -0.39 is 9.84 Å². The lowest BCUT2D eigenvalue weighted by atomic mass is 10.1. The Morgan fingerprint density at radius 3 is 3.11 bits per heavy atom. The summed E-state index contributed by atoms with van der Waals surface area (Å²) in [4.78, 5) is 7.38. The van der Waals surface area contributed by atoms with E-state index in [2.05, 4.69) is 9.97 Å². The Morgan fingerprint density at radius 1 is 1.56 bits per heavy atom. The van der Waals surface area contributed by atoms with Gasteiger partial charge in [-0.15, -0.1) is 0 Å². The molecule has 7 heteroatoms. The number of sulfone groups is 1. The second-order valence-electron chi connectivity index (χ2n) is 4.68. The first kappa shape index (κ1) is 11.9. The number of aromatic nitrogens is 3. The van der Waals surface area contributed by atoms with Crippen LogP contribution in [0.15, 0.2) is 18.3 Å². The summed E-state index contributed by atoms with van der Waals surface area (Å²) < 4.78 is 25.4. The molecule has 0 radical (unpaired) electrons. The van der Waals surface area contributed by atoms with E-state index >= 15 is 0 Å². The van der Waals surface area contributed by atoms with Crippen LogP contribution in [0.2, 0.25) is 0 Å². The summed E-state index contributed by atoms with van der Waals surface area (Å²) in [5.41, 5.74) is 1.69. The number of imidazole rings is 1. The Morgan fingerprint density at radius 2 is 2.39 bits per heavy atom. The minimum atomic E-state index is -2.84. The lowest BCUT2D eigenvalue weighted by molar-refractivity contribution is 0.493. The molecule has 96 valence electrons. The molecular weight excluding hydrogens is 270 g/mol. The van der Waals surface area contributed by atoms with E-state index in [1.807, 2.05) is 16.7 Å². The number of hydrogen-bond acceptors (Lipinski definition) is 4. The molecule has 1 N–H and O–H groups in total. The number of rotatable bonds is 2. The molecule has 0 spiro atoms. The van der Waals surface area contributed by atoms with Crippen molar-refractivity contribution in [1.29, 1.82) is 0 Å². The fourth-order valence-electron chi connectivity index (χ4n) is 2.43. The third-order valence-corrected chi connectivity index (χ3v) is 5.46. The van der Waals surface area contributed by atoms with Crippen LogP contribution in [0.1, 0.15) is 6.42 Å². The number of nitrogens with zero attached hydrogens (tertiary/aromatic N) is 2. The van der Waals surface area contributed by atoms with Gasteiger partial charge in [0.2, 0.25) is 0 Å². The van der Waals surface area contributed by atoms with Gasteiger partial charge < -0.3 is 9.55 Å². The van der Waals surface area contributed by atoms with Gasteiger partial charge in [0, 0.05) is 12.7 Å². The number of fused-ring (bicyclic) bond motifs is 1. The summed E-state index contributed by atoms with van der Waals surface area (Å²) in [7, 11) is -2.84. The van der Waals surface area contributed by atoms with Gasteiger partial charge in [0.25, 0.3) is 0 Å². The van der Waals surface area contributed by atoms with E-state index in [4.69, 9.17) is 12.2 Å². The van der Waals surface area contributed by atoms with Crippen LogP contribution < -0.4 is 0 Å². The van der Waals surface area contributed by atoms with Gasteiger partial charge in [-0.1, -0.05) is 0 Å². The number of pyridine rings is 1. The molecule has 18 heavy (non-hydrogen) atoms. The van der Waals surface area contributed by atoms with Gasteiger partial charge in [-0.05, 0) is 36.7 Å². The zero-order valence-corrected chi connectivity index (χ0v) is 11.3. The van der Waals surface area contributed by atoms with E-state index in [-0.39, 0.29) is 11.7 Å². The van der Waals surface area contributed by atoms with Crippen LogP contribution in [0.4, 0.5) is 0 Å². The first-order valence-corrected chi connectivity index (χ1v) is 8.02. The standard InChI is InChI=1S/C11H13N3O2S2/c15-18(16)5-3-8(7-18)6-14-10-9(13-11(14)17)2-1-4-12-10/h1-2,4,8H,3,5-7H2,(H,13,17). The first-order chi connectivity index (χ1) is 8.55. The Hall–Kier alpha value is -1.21. The highest BCUT2D eigenvalue weighted by Gasteiger charge is 2.28. The highest BCUT2D eigenvalue weighted by Crippen LogP contribution is 2.22. The van der Waals surface area contributed by atoms with E-state index in [9.17, 15) is 8.42 Å². The van der Waals surface area contributed by atoms with Crippen molar-refractivity contribution in [3.63, 3.8) is 0 Å². The van der Waals surface area contributed by atoms with Crippen LogP contribution in [0.25, 0.3) is 11.2 Å². The highest BCUT2D eigenvalue weighted by atomic mass is 32.2. The summed E-state index contributed by atoms with van der Waals surface area (Å²) in [5.74, 6) is 0.692. The maximum absolute atomic E-state index is 11.5. The third-order valence-electron chi connectivity index (χ3n) is 3.30. The van der Waals surface area contributed by atoms with Crippen molar-refractivity contribution >= 4 is 33.2 Å². The Balaban J connectivity index is 1.96. The molecular formula is C11H13N3O2S2. The van der Waals surface area contributed by atoms with Crippen LogP contribution in [-0.2, 0) is 16.4 Å². The molecule has 0 aromatic carbocycles. The van der Waals surface area contributed by atoms with Crippen LogP contribution in [-0.4, -0.2) is 34.5 Å². The molecule has 1 aliphatic heterocycles. The zero-order chi connectivity index (χ0) is 12.8. The maximum atomic E-state index is 11.5. The monoisotopic (exact) mass is 283 g/mol. The van der Waals surface area contributed by atoms with Crippen molar-refractivity contribution in [1.82, 2.24) is 14.5 Å². The molecule has 1 atom stereocenters. The molecule has 2 aromatic heterocycles. The lowest BCUT2D eigenvalue weighted by Crippen LogP contribution is -2.12. The second-order valence-corrected chi connectivity index (χ2v) is 7.30. The predicted octanol–water partition coefficient (Wildman–Crippen LogP) is 1.53. The molecule has 3 heterocycles. The van der Waals surface area contributed by atoms with Crippen molar-refractivity contribution in [2.75, 3.05) is 11.5 Å². The van der Waals surface area contributed by atoms with Gasteiger partial charge in [0.05, 0.1) is 17.0 Å². The summed E-state index contributed by atoms with van der Waals surface area (Å²) in [6, 6.07) is 3.76. The van der Waals surface area contributed by atoms with Crippen LogP contribution in [0.3, 0.4) is 0 Å². The van der Waals surface area contributed by atoms with Crippen molar-refractivity contribution in [2.45, 2.75) is 13.0 Å². The van der Waals surface area contributed by atoms with E-state index in [1.165, 1.54) is 0 Å². The van der Waals surface area contributed by atoms with Crippen molar-refractivity contribution in [3.05, 3.63) is 23.1 Å². The lowest BCUT2D eigenvalue weighted by Gasteiger charge is -2.08. The molecule has 3 rings (SSSR count). The quantitative estimate of drug-likeness (QED) is 0.849. The molecule has 0 bridgehead atoms. The average Bonchev–Trinajstić information content (AvgIpc) is 2.81. The minimum Gasteiger partial charge on any atom is -0.329 e. The fourth-order valence-corrected chi connectivity index (χ4v) is 4.55. The zero-order valence-electron chi connectivity index (χ0n) is 9.67. The van der Waals surface area contributed by atoms with Crippen molar-refractivity contribution in [2.24, 2.45) is 5.92 Å². The molecule has 1 aliphatic rings. The van der Waals surface area contributed by atoms with Gasteiger partial charge in [0.1, 0.15) is 0 Å². The highest BCUT2D eigenvalue weighted by molar-refractivity contribution is 7.91. The third kappa shape index (κ3) is 2.08. The number of hydrogen-bond donors (Lipinski definition) is 1. The Bertz CT molecular complexity index is 745. The normalized spacial score (nSPS) is 22.6. The average molecular weight is 283 g/mol. The molecule has 0 saturated carbocycles. The maximum Gasteiger partial charge on any atom is 0.179 e. The van der Waals surface area contributed by atoms with Crippen LogP contribution in [0, 0.1) is 10.7 Å². The molecule has 1 saturated heterocycles. The Kier molecular flexibility index (Phi) is 2.74. The molecule has 1 unspecified atom stereocenters. The largest absolute Gasteiger partial charge is 0.329 e.